The largest absolute Gasteiger partial charge is 0.493 e. The summed E-state index contributed by atoms with van der Waals surface area (Å²) in [5, 5.41) is 9.54. The number of ether oxygens (including phenoxy) is 4. The van der Waals surface area contributed by atoms with Gasteiger partial charge in [0.2, 0.25) is 0 Å². The molecule has 0 saturated heterocycles. The molecule has 0 saturated carbocycles. The van der Waals surface area contributed by atoms with Crippen molar-refractivity contribution in [2.75, 3.05) is 13.7 Å². The van der Waals surface area contributed by atoms with Crippen LogP contribution in [0.4, 0.5) is 0 Å². The van der Waals surface area contributed by atoms with E-state index in [4.69, 9.17) is 23.9 Å². The lowest BCUT2D eigenvalue weighted by molar-refractivity contribution is -0.139. The molecule has 0 radical (unpaired) electrons. The summed E-state index contributed by atoms with van der Waals surface area (Å²) in [7, 11) is 1.55. The highest BCUT2D eigenvalue weighted by molar-refractivity contribution is 14.1. The summed E-state index contributed by atoms with van der Waals surface area (Å²) < 4.78 is 27.1. The quantitative estimate of drug-likeness (QED) is 0.137. The Bertz CT molecular complexity index is 2110. The van der Waals surface area contributed by atoms with Gasteiger partial charge in [-0.25, -0.2) is 9.79 Å². The molecule has 1 aliphatic heterocycles. The number of carbonyl (C=O) groups excluding carboxylic acids is 1. The van der Waals surface area contributed by atoms with Gasteiger partial charge in [0.25, 0.3) is 5.56 Å². The number of nitriles is 1. The van der Waals surface area contributed by atoms with Gasteiger partial charge >= 0.3 is 5.97 Å². The van der Waals surface area contributed by atoms with Crippen LogP contribution >= 0.6 is 56.5 Å². The number of esters is 1. The summed E-state index contributed by atoms with van der Waals surface area (Å²) in [6.45, 7) is 7.68. The van der Waals surface area contributed by atoms with Gasteiger partial charge in [-0.1, -0.05) is 35.6 Å². The van der Waals surface area contributed by atoms with E-state index in [0.717, 1.165) is 12.7 Å². The zero-order valence-electron chi connectivity index (χ0n) is 26.3. The van der Waals surface area contributed by atoms with Crippen molar-refractivity contribution in [3.8, 4) is 23.3 Å². The Morgan fingerprint density at radius 2 is 1.91 bits per heavy atom. The standard InChI is InChI=1S/C35H31I2N3O6S/c1-6-44-34(42)30-20(4)39-35-40(31(30)21-11-12-27(46-19(2)3)28(14-21)43-5)33(41)29(47-35)15-24-13-25(36)16-26(37)32(24)45-18-23-10-8-7-9-22(23)17-38/h7-16,19,31H,6,18H2,1-5H3/b29-15+/t31-/m0/s1. The fraction of sp³-hybridized carbons (Fsp3) is 0.257. The van der Waals surface area contributed by atoms with Crippen molar-refractivity contribution < 1.29 is 23.7 Å². The Morgan fingerprint density at radius 3 is 2.62 bits per heavy atom. The van der Waals surface area contributed by atoms with Crippen molar-refractivity contribution in [3.05, 3.63) is 115 Å². The molecule has 0 unspecified atom stereocenters. The first-order valence-corrected chi connectivity index (χ1v) is 17.7. The van der Waals surface area contributed by atoms with Crippen molar-refractivity contribution in [1.82, 2.24) is 4.57 Å². The number of hydrogen-bond acceptors (Lipinski definition) is 9. The molecule has 1 aromatic heterocycles. The zero-order valence-corrected chi connectivity index (χ0v) is 31.4. The topological polar surface area (TPSA) is 112 Å². The highest BCUT2D eigenvalue weighted by atomic mass is 127. The van der Waals surface area contributed by atoms with Crippen molar-refractivity contribution in [1.29, 1.82) is 5.26 Å². The minimum atomic E-state index is -0.816. The van der Waals surface area contributed by atoms with Gasteiger partial charge in [-0.05, 0) is 115 Å². The van der Waals surface area contributed by atoms with E-state index in [1.807, 2.05) is 50.2 Å². The molecule has 0 amide bonds. The second kappa shape index (κ2) is 15.0. The third kappa shape index (κ3) is 7.42. The lowest BCUT2D eigenvalue weighted by Crippen LogP contribution is -2.40. The number of thiazole rings is 1. The van der Waals surface area contributed by atoms with Crippen LogP contribution in [-0.2, 0) is 16.1 Å². The van der Waals surface area contributed by atoms with Gasteiger partial charge in [-0.3, -0.25) is 9.36 Å². The average Bonchev–Trinajstić information content (AvgIpc) is 3.33. The van der Waals surface area contributed by atoms with Gasteiger partial charge in [0.1, 0.15) is 12.4 Å². The molecule has 0 aliphatic carbocycles. The number of carbonyl (C=O) groups is 1. The number of methoxy groups -OCH3 is 1. The van der Waals surface area contributed by atoms with Crippen LogP contribution in [0, 0.1) is 18.5 Å². The third-order valence-corrected chi connectivity index (χ3v) is 9.62. The number of hydrogen-bond donors (Lipinski definition) is 0. The molecule has 9 nitrogen and oxygen atoms in total. The second-order valence-electron chi connectivity index (χ2n) is 10.7. The number of aromatic nitrogens is 1. The molecule has 3 aromatic carbocycles. The normalized spacial score (nSPS) is 14.4. The van der Waals surface area contributed by atoms with Crippen molar-refractivity contribution in [2.24, 2.45) is 4.99 Å². The molecular formula is C35H31I2N3O6S. The van der Waals surface area contributed by atoms with Crippen LogP contribution in [0.5, 0.6) is 17.2 Å². The van der Waals surface area contributed by atoms with E-state index < -0.39 is 12.0 Å². The van der Waals surface area contributed by atoms with E-state index in [-0.39, 0.29) is 30.5 Å². The highest BCUT2D eigenvalue weighted by Crippen LogP contribution is 2.37. The maximum absolute atomic E-state index is 14.3. The molecule has 4 aromatic rings. The minimum Gasteiger partial charge on any atom is -0.493 e. The molecule has 0 spiro atoms. The Hall–Kier alpha value is -3.68. The number of rotatable bonds is 10. The first-order chi connectivity index (χ1) is 22.6. The molecule has 242 valence electrons. The van der Waals surface area contributed by atoms with Crippen molar-refractivity contribution in [2.45, 2.75) is 46.4 Å². The molecule has 1 atom stereocenters. The van der Waals surface area contributed by atoms with Crippen LogP contribution in [-0.4, -0.2) is 30.4 Å². The molecule has 0 bridgehead atoms. The summed E-state index contributed by atoms with van der Waals surface area (Å²) in [5.41, 5.74) is 3.07. The molecular weight excluding hydrogens is 844 g/mol. The maximum Gasteiger partial charge on any atom is 0.338 e. The zero-order chi connectivity index (χ0) is 33.8. The van der Waals surface area contributed by atoms with E-state index >= 15 is 0 Å². The van der Waals surface area contributed by atoms with E-state index in [1.54, 1.807) is 45.2 Å². The molecule has 0 fully saturated rings. The lowest BCUT2D eigenvalue weighted by atomic mass is 9.95. The highest BCUT2D eigenvalue weighted by Gasteiger charge is 2.34. The molecule has 5 rings (SSSR count). The summed E-state index contributed by atoms with van der Waals surface area (Å²) >= 11 is 5.68. The SMILES string of the molecule is CCOC(=O)C1=C(C)N=c2s/c(=C/c3cc(I)cc(I)c3OCc3ccccc3C#N)c(=O)n2[C@H]1c1ccc(OC(C)C)c(OC)c1. The Balaban J connectivity index is 1.66. The second-order valence-corrected chi connectivity index (χ2v) is 14.2. The first-order valence-electron chi connectivity index (χ1n) is 14.7. The van der Waals surface area contributed by atoms with Gasteiger partial charge in [-0.15, -0.1) is 0 Å². The maximum atomic E-state index is 14.3. The predicted octanol–water partition coefficient (Wildman–Crippen LogP) is 6.25. The summed E-state index contributed by atoms with van der Waals surface area (Å²) in [6.07, 6.45) is 1.71. The fourth-order valence-electron chi connectivity index (χ4n) is 5.20. The van der Waals surface area contributed by atoms with Crippen LogP contribution in [0.1, 0.15) is 56.0 Å². The summed E-state index contributed by atoms with van der Waals surface area (Å²) in [6, 6.07) is 18.0. The van der Waals surface area contributed by atoms with E-state index in [0.29, 0.717) is 49.0 Å². The Kier molecular flexibility index (Phi) is 11.1. The lowest BCUT2D eigenvalue weighted by Gasteiger charge is -2.25. The van der Waals surface area contributed by atoms with Crippen LogP contribution < -0.4 is 29.1 Å². The van der Waals surface area contributed by atoms with Gasteiger partial charge in [-0.2, -0.15) is 5.26 Å². The van der Waals surface area contributed by atoms with E-state index in [9.17, 15) is 14.9 Å². The van der Waals surface area contributed by atoms with Crippen LogP contribution in [0.15, 0.2) is 75.7 Å². The number of fused-ring (bicyclic) bond motifs is 1. The predicted molar refractivity (Wildman–Crippen MR) is 197 cm³/mol. The third-order valence-electron chi connectivity index (χ3n) is 7.22. The van der Waals surface area contributed by atoms with Gasteiger partial charge in [0.15, 0.2) is 16.3 Å². The average molecular weight is 876 g/mol. The van der Waals surface area contributed by atoms with E-state index in [1.165, 1.54) is 15.9 Å². The number of allylic oxidation sites excluding steroid dienone is 1. The molecule has 2 heterocycles. The van der Waals surface area contributed by atoms with Crippen LogP contribution in [0.25, 0.3) is 6.08 Å². The van der Waals surface area contributed by atoms with Gasteiger partial charge < -0.3 is 18.9 Å². The Labute approximate surface area is 303 Å². The summed E-state index contributed by atoms with van der Waals surface area (Å²) in [5.74, 6) is 1.07. The number of nitrogens with zero attached hydrogens (tertiary/aromatic N) is 3. The summed E-state index contributed by atoms with van der Waals surface area (Å²) in [4.78, 5) is 32.8. The van der Waals surface area contributed by atoms with Crippen LogP contribution in [0.3, 0.4) is 0 Å². The van der Waals surface area contributed by atoms with Crippen molar-refractivity contribution in [3.63, 3.8) is 0 Å². The molecule has 12 heteroatoms. The molecule has 47 heavy (non-hydrogen) atoms. The fourth-order valence-corrected chi connectivity index (χ4v) is 8.28. The minimum absolute atomic E-state index is 0.0799. The first kappa shape index (κ1) is 34.6. The monoisotopic (exact) mass is 875 g/mol. The number of halogens is 2. The Morgan fingerprint density at radius 1 is 1.15 bits per heavy atom. The molecule has 0 N–H and O–H groups in total. The van der Waals surface area contributed by atoms with Crippen LogP contribution in [0.2, 0.25) is 0 Å². The van der Waals surface area contributed by atoms with Gasteiger partial charge in [0, 0.05) is 14.7 Å². The number of benzene rings is 3. The van der Waals surface area contributed by atoms with Crippen molar-refractivity contribution >= 4 is 68.6 Å². The van der Waals surface area contributed by atoms with Gasteiger partial charge in [0.05, 0.1) is 56.9 Å². The molecule has 1 aliphatic rings. The van der Waals surface area contributed by atoms with E-state index in [2.05, 4.69) is 51.3 Å². The smallest absolute Gasteiger partial charge is 0.338 e.